The number of esters is 1. The van der Waals surface area contributed by atoms with E-state index in [1.54, 1.807) is 6.92 Å². The zero-order chi connectivity index (χ0) is 19.8. The Balaban J connectivity index is 1.59. The predicted octanol–water partition coefficient (Wildman–Crippen LogP) is 4.07. The molecule has 1 aromatic carbocycles. The van der Waals surface area contributed by atoms with Crippen LogP contribution >= 0.6 is 11.3 Å². The van der Waals surface area contributed by atoms with Crippen molar-refractivity contribution in [2.75, 3.05) is 18.6 Å². The molecule has 1 atom stereocenters. The molecule has 0 spiro atoms. The van der Waals surface area contributed by atoms with E-state index in [9.17, 15) is 4.79 Å². The van der Waals surface area contributed by atoms with Crippen LogP contribution in [-0.2, 0) is 22.5 Å². The lowest BCUT2D eigenvalue weighted by atomic mass is 10.0. The molecule has 0 bridgehead atoms. The number of nitrogens with one attached hydrogen (secondary N) is 1. The van der Waals surface area contributed by atoms with E-state index in [2.05, 4.69) is 45.5 Å². The number of benzene rings is 1. The van der Waals surface area contributed by atoms with Gasteiger partial charge in [-0.05, 0) is 44.4 Å². The summed E-state index contributed by atoms with van der Waals surface area (Å²) >= 11 is 1.43. The van der Waals surface area contributed by atoms with Gasteiger partial charge in [0, 0.05) is 18.0 Å². The van der Waals surface area contributed by atoms with Crippen LogP contribution in [0.4, 0.5) is 5.13 Å². The Labute approximate surface area is 170 Å². The molecule has 1 unspecified atom stereocenters. The van der Waals surface area contributed by atoms with Crippen LogP contribution in [0.5, 0.6) is 0 Å². The molecular weight excluding hydrogens is 372 g/mol. The molecule has 1 N–H and O–H groups in total. The minimum Gasteiger partial charge on any atom is -0.466 e. The SMILES string of the molecule is CCOC(=O)Cc1csc(NN=Cc2ccccc2CN2CCCCC2C)n1. The second-order valence-electron chi connectivity index (χ2n) is 7.01. The standard InChI is InChI=1S/C21H28N4O2S/c1-3-27-20(26)12-19-15-28-21(23-19)24-22-13-17-9-4-5-10-18(17)14-25-11-7-6-8-16(25)2/h4-5,9-10,13,15-16H,3,6-8,11-12,14H2,1-2H3,(H,23,24). The van der Waals surface area contributed by atoms with Crippen LogP contribution < -0.4 is 5.43 Å². The maximum Gasteiger partial charge on any atom is 0.311 e. The molecule has 7 heteroatoms. The van der Waals surface area contributed by atoms with E-state index < -0.39 is 0 Å². The van der Waals surface area contributed by atoms with E-state index in [4.69, 9.17) is 4.74 Å². The van der Waals surface area contributed by atoms with Crippen molar-refractivity contribution in [1.82, 2.24) is 9.88 Å². The molecule has 1 aliphatic heterocycles. The van der Waals surface area contributed by atoms with Gasteiger partial charge in [-0.2, -0.15) is 5.10 Å². The zero-order valence-corrected chi connectivity index (χ0v) is 17.4. The van der Waals surface area contributed by atoms with Gasteiger partial charge >= 0.3 is 5.97 Å². The Bertz CT molecular complexity index is 805. The minimum atomic E-state index is -0.260. The second-order valence-corrected chi connectivity index (χ2v) is 7.87. The third-order valence-corrected chi connectivity index (χ3v) is 5.71. The highest BCUT2D eigenvalue weighted by atomic mass is 32.1. The number of carbonyl (C=O) groups is 1. The zero-order valence-electron chi connectivity index (χ0n) is 16.6. The lowest BCUT2D eigenvalue weighted by molar-refractivity contribution is -0.142. The Morgan fingerprint density at radius 1 is 1.43 bits per heavy atom. The maximum atomic E-state index is 11.5. The van der Waals surface area contributed by atoms with Crippen molar-refractivity contribution in [1.29, 1.82) is 0 Å². The number of ether oxygens (including phenoxy) is 1. The maximum absolute atomic E-state index is 11.5. The molecule has 28 heavy (non-hydrogen) atoms. The molecule has 1 aliphatic rings. The van der Waals surface area contributed by atoms with Crippen LogP contribution in [0.25, 0.3) is 0 Å². The van der Waals surface area contributed by atoms with Gasteiger partial charge in [0.15, 0.2) is 0 Å². The summed E-state index contributed by atoms with van der Waals surface area (Å²) in [6.45, 7) is 6.60. The van der Waals surface area contributed by atoms with Crippen molar-refractivity contribution in [2.24, 2.45) is 5.10 Å². The number of piperidine rings is 1. The number of aromatic nitrogens is 1. The molecule has 0 saturated carbocycles. The average Bonchev–Trinajstić information content (AvgIpc) is 3.12. The Kier molecular flexibility index (Phi) is 7.56. The first-order valence-electron chi connectivity index (χ1n) is 9.86. The number of hydrogen-bond acceptors (Lipinski definition) is 7. The fraction of sp³-hybridized carbons (Fsp3) is 0.476. The lowest BCUT2D eigenvalue weighted by Gasteiger charge is -2.33. The first-order chi connectivity index (χ1) is 13.7. The number of thiazole rings is 1. The highest BCUT2D eigenvalue weighted by Crippen LogP contribution is 2.20. The first kappa shape index (κ1) is 20.5. The van der Waals surface area contributed by atoms with Gasteiger partial charge in [-0.1, -0.05) is 30.7 Å². The largest absolute Gasteiger partial charge is 0.466 e. The normalized spacial score (nSPS) is 17.7. The van der Waals surface area contributed by atoms with Gasteiger partial charge in [0.2, 0.25) is 5.13 Å². The molecule has 1 fully saturated rings. The van der Waals surface area contributed by atoms with Gasteiger partial charge in [-0.15, -0.1) is 11.3 Å². The van der Waals surface area contributed by atoms with Crippen LogP contribution in [0.2, 0.25) is 0 Å². The summed E-state index contributed by atoms with van der Waals surface area (Å²) in [4.78, 5) is 18.5. The molecular formula is C21H28N4O2S. The van der Waals surface area contributed by atoms with Gasteiger partial charge < -0.3 is 4.74 Å². The third-order valence-electron chi connectivity index (χ3n) is 4.92. The van der Waals surface area contributed by atoms with Gasteiger partial charge in [0.1, 0.15) is 0 Å². The van der Waals surface area contributed by atoms with Crippen LogP contribution in [0.1, 0.15) is 49.9 Å². The molecule has 3 rings (SSSR count). The highest BCUT2D eigenvalue weighted by Gasteiger charge is 2.18. The molecule has 1 saturated heterocycles. The monoisotopic (exact) mass is 400 g/mol. The summed E-state index contributed by atoms with van der Waals surface area (Å²) in [5.74, 6) is -0.260. The fourth-order valence-electron chi connectivity index (χ4n) is 3.37. The Hall–Kier alpha value is -2.25. The fourth-order valence-corrected chi connectivity index (χ4v) is 4.03. The van der Waals surface area contributed by atoms with E-state index in [1.165, 1.54) is 36.2 Å². The smallest absolute Gasteiger partial charge is 0.311 e. The molecule has 150 valence electrons. The Morgan fingerprint density at radius 2 is 2.29 bits per heavy atom. The number of hydrazone groups is 1. The van der Waals surface area contributed by atoms with E-state index >= 15 is 0 Å². The molecule has 0 aliphatic carbocycles. The van der Waals surface area contributed by atoms with Crippen molar-refractivity contribution >= 4 is 28.7 Å². The topological polar surface area (TPSA) is 66.8 Å². The number of nitrogens with zero attached hydrogens (tertiary/aromatic N) is 3. The van der Waals surface area contributed by atoms with Crippen LogP contribution in [-0.4, -0.2) is 41.3 Å². The van der Waals surface area contributed by atoms with Crippen LogP contribution in [0, 0.1) is 0 Å². The molecule has 6 nitrogen and oxygen atoms in total. The van der Waals surface area contributed by atoms with Crippen molar-refractivity contribution in [2.45, 2.75) is 52.1 Å². The number of carbonyl (C=O) groups excluding carboxylic acids is 1. The van der Waals surface area contributed by atoms with Gasteiger partial charge in [-0.25, -0.2) is 4.98 Å². The minimum absolute atomic E-state index is 0.187. The van der Waals surface area contributed by atoms with Crippen molar-refractivity contribution in [3.8, 4) is 0 Å². The first-order valence-corrected chi connectivity index (χ1v) is 10.7. The summed E-state index contributed by atoms with van der Waals surface area (Å²) < 4.78 is 4.95. The third kappa shape index (κ3) is 5.87. The number of hydrogen-bond donors (Lipinski definition) is 1. The second kappa shape index (κ2) is 10.3. The quantitative estimate of drug-likeness (QED) is 0.411. The average molecular weight is 401 g/mol. The van der Waals surface area contributed by atoms with Crippen LogP contribution in [0.15, 0.2) is 34.7 Å². The predicted molar refractivity (Wildman–Crippen MR) is 114 cm³/mol. The number of likely N-dealkylation sites (tertiary alicyclic amines) is 1. The van der Waals surface area contributed by atoms with E-state index in [0.29, 0.717) is 23.5 Å². The molecule has 0 amide bonds. The van der Waals surface area contributed by atoms with Gasteiger partial charge in [0.25, 0.3) is 0 Å². The summed E-state index contributed by atoms with van der Waals surface area (Å²) in [7, 11) is 0. The molecule has 1 aromatic heterocycles. The van der Waals surface area contributed by atoms with Gasteiger partial charge in [0.05, 0.1) is 24.9 Å². The van der Waals surface area contributed by atoms with E-state index in [1.807, 2.05) is 17.7 Å². The van der Waals surface area contributed by atoms with Crippen molar-refractivity contribution < 1.29 is 9.53 Å². The summed E-state index contributed by atoms with van der Waals surface area (Å²) in [5, 5.41) is 6.86. The number of anilines is 1. The van der Waals surface area contributed by atoms with Crippen molar-refractivity contribution in [3.63, 3.8) is 0 Å². The summed E-state index contributed by atoms with van der Waals surface area (Å²) in [6.07, 6.45) is 5.91. The lowest BCUT2D eigenvalue weighted by Crippen LogP contribution is -2.36. The summed E-state index contributed by atoms with van der Waals surface area (Å²) in [5.41, 5.74) is 6.05. The molecule has 2 heterocycles. The highest BCUT2D eigenvalue weighted by molar-refractivity contribution is 7.13. The number of rotatable bonds is 8. The van der Waals surface area contributed by atoms with Crippen molar-refractivity contribution in [3.05, 3.63) is 46.5 Å². The molecule has 0 radical (unpaired) electrons. The van der Waals surface area contributed by atoms with Gasteiger partial charge in [-0.3, -0.25) is 15.1 Å². The summed E-state index contributed by atoms with van der Waals surface area (Å²) in [6, 6.07) is 9.00. The van der Waals surface area contributed by atoms with E-state index in [-0.39, 0.29) is 12.4 Å². The van der Waals surface area contributed by atoms with Crippen LogP contribution in [0.3, 0.4) is 0 Å². The van der Waals surface area contributed by atoms with E-state index in [0.717, 1.165) is 18.7 Å². The Morgan fingerprint density at radius 3 is 3.11 bits per heavy atom. The molecule has 2 aromatic rings.